The Morgan fingerprint density at radius 3 is 2.83 bits per heavy atom. The van der Waals surface area contributed by atoms with Gasteiger partial charge < -0.3 is 24.8 Å². The van der Waals surface area contributed by atoms with Crippen LogP contribution in [0.2, 0.25) is 5.02 Å². The van der Waals surface area contributed by atoms with Crippen molar-refractivity contribution in [2.24, 2.45) is 0 Å². The molecule has 3 N–H and O–H groups in total. The minimum Gasteiger partial charge on any atom is -0.487 e. The van der Waals surface area contributed by atoms with Gasteiger partial charge in [-0.25, -0.2) is 4.39 Å². The molecule has 2 aliphatic heterocycles. The number of rotatable bonds is 3. The van der Waals surface area contributed by atoms with Crippen molar-refractivity contribution < 1.29 is 19.3 Å². The van der Waals surface area contributed by atoms with Gasteiger partial charge in [-0.15, -0.1) is 0 Å². The summed E-state index contributed by atoms with van der Waals surface area (Å²) in [5.74, 6) is 0.387. The van der Waals surface area contributed by atoms with Gasteiger partial charge in [0.15, 0.2) is 0 Å². The van der Waals surface area contributed by atoms with Crippen molar-refractivity contribution in [3.05, 3.63) is 64.6 Å². The largest absolute Gasteiger partial charge is 0.487 e. The fraction of sp³-hybridized carbons (Fsp3) is 0.391. The van der Waals surface area contributed by atoms with Gasteiger partial charge in [0.1, 0.15) is 17.2 Å². The first-order valence-electron chi connectivity index (χ1n) is 10.3. The van der Waals surface area contributed by atoms with E-state index in [0.29, 0.717) is 34.7 Å². The molecule has 0 saturated carbocycles. The zero-order valence-electron chi connectivity index (χ0n) is 16.4. The summed E-state index contributed by atoms with van der Waals surface area (Å²) in [4.78, 5) is 5.29. The van der Waals surface area contributed by atoms with Crippen LogP contribution in [0.15, 0.2) is 42.6 Å². The van der Waals surface area contributed by atoms with Crippen molar-refractivity contribution >= 4 is 22.5 Å². The Hall–Kier alpha value is -2.12. The molecule has 0 radical (unpaired) electrons. The molecule has 2 aromatic carbocycles. The molecule has 3 aromatic rings. The third-order valence-electron chi connectivity index (χ3n) is 6.46. The normalized spacial score (nSPS) is 22.1. The smallest absolute Gasteiger partial charge is 0.126 e. The third-order valence-corrected chi connectivity index (χ3v) is 6.69. The highest BCUT2D eigenvalue weighted by Crippen LogP contribution is 2.45. The highest BCUT2D eigenvalue weighted by atomic mass is 35.5. The Morgan fingerprint density at radius 1 is 1.23 bits per heavy atom. The third kappa shape index (κ3) is 3.58. The summed E-state index contributed by atoms with van der Waals surface area (Å²) in [5.41, 5.74) is 1.87. The van der Waals surface area contributed by atoms with Crippen molar-refractivity contribution in [1.82, 2.24) is 9.88 Å². The molecule has 5 rings (SSSR count). The van der Waals surface area contributed by atoms with Crippen molar-refractivity contribution in [2.45, 2.75) is 37.1 Å². The second-order valence-corrected chi connectivity index (χ2v) is 8.87. The molecule has 30 heavy (non-hydrogen) atoms. The number of benzene rings is 2. The second-order valence-electron chi connectivity index (χ2n) is 8.44. The fourth-order valence-corrected chi connectivity index (χ4v) is 4.97. The maximum absolute atomic E-state index is 13.6. The topological polar surface area (TPSA) is 68.7 Å². The summed E-state index contributed by atoms with van der Waals surface area (Å²) in [5, 5.41) is 22.7. The molecule has 5 nitrogen and oxygen atoms in total. The number of aromatic amines is 1. The number of likely N-dealkylation sites (tertiary alicyclic amines) is 1. The minimum atomic E-state index is -0.713. The lowest BCUT2D eigenvalue weighted by atomic mass is 9.81. The molecule has 0 aliphatic carbocycles. The molecule has 1 saturated heterocycles. The molecule has 7 heteroatoms. The number of aromatic nitrogens is 1. The van der Waals surface area contributed by atoms with Crippen molar-refractivity contribution in [3.63, 3.8) is 0 Å². The van der Waals surface area contributed by atoms with E-state index in [1.165, 1.54) is 12.1 Å². The number of nitrogens with one attached hydrogen (secondary N) is 1. The molecule has 0 amide bonds. The number of piperidine rings is 1. The SMILES string of the molecule is O[C@@H]1CC2(CCN(C[C@H](O)c3c[nH]c4ccc(F)cc34)CC2)Oc2ccc(Cl)cc21. The van der Waals surface area contributed by atoms with Gasteiger partial charge in [0.05, 0.1) is 12.2 Å². The molecule has 158 valence electrons. The van der Waals surface area contributed by atoms with Crippen LogP contribution in [0.4, 0.5) is 4.39 Å². The van der Waals surface area contributed by atoms with Crippen molar-refractivity contribution in [1.29, 1.82) is 0 Å². The van der Waals surface area contributed by atoms with Crippen LogP contribution in [0.25, 0.3) is 10.9 Å². The molecule has 0 bridgehead atoms. The summed E-state index contributed by atoms with van der Waals surface area (Å²) < 4.78 is 20.0. The monoisotopic (exact) mass is 430 g/mol. The van der Waals surface area contributed by atoms with Crippen molar-refractivity contribution in [3.8, 4) is 5.75 Å². The van der Waals surface area contributed by atoms with E-state index in [4.69, 9.17) is 16.3 Å². The van der Waals surface area contributed by atoms with Crippen LogP contribution < -0.4 is 4.74 Å². The van der Waals surface area contributed by atoms with Gasteiger partial charge in [0.25, 0.3) is 0 Å². The number of aliphatic hydroxyl groups excluding tert-OH is 2. The highest BCUT2D eigenvalue weighted by Gasteiger charge is 2.43. The molecule has 2 atom stereocenters. The zero-order chi connectivity index (χ0) is 20.9. The number of hydrogen-bond donors (Lipinski definition) is 3. The molecule has 2 aliphatic rings. The number of aliphatic hydroxyl groups is 2. The number of ether oxygens (including phenoxy) is 1. The second kappa shape index (κ2) is 7.54. The summed E-state index contributed by atoms with van der Waals surface area (Å²) in [7, 11) is 0. The van der Waals surface area contributed by atoms with Crippen LogP contribution in [0.5, 0.6) is 5.75 Å². The molecular formula is C23H24ClFN2O3. The maximum Gasteiger partial charge on any atom is 0.126 e. The van der Waals surface area contributed by atoms with Gasteiger partial charge in [-0.05, 0) is 49.2 Å². The van der Waals surface area contributed by atoms with E-state index in [1.54, 1.807) is 24.4 Å². The first-order chi connectivity index (χ1) is 14.4. The predicted molar refractivity (Wildman–Crippen MR) is 113 cm³/mol. The molecule has 1 fully saturated rings. The lowest BCUT2D eigenvalue weighted by Gasteiger charge is -2.46. The van der Waals surface area contributed by atoms with E-state index in [1.807, 2.05) is 6.07 Å². The van der Waals surface area contributed by atoms with E-state index in [0.717, 1.165) is 37.0 Å². The van der Waals surface area contributed by atoms with Gasteiger partial charge >= 0.3 is 0 Å². The molecular weight excluding hydrogens is 407 g/mol. The van der Waals surface area contributed by atoms with Crippen molar-refractivity contribution in [2.75, 3.05) is 19.6 Å². The highest BCUT2D eigenvalue weighted by molar-refractivity contribution is 6.30. The number of hydrogen-bond acceptors (Lipinski definition) is 4. The average molecular weight is 431 g/mol. The predicted octanol–water partition coefficient (Wildman–Crippen LogP) is 4.34. The Labute approximate surface area is 179 Å². The average Bonchev–Trinajstić information content (AvgIpc) is 3.14. The maximum atomic E-state index is 13.6. The first-order valence-corrected chi connectivity index (χ1v) is 10.6. The number of fused-ring (bicyclic) bond motifs is 2. The number of halogens is 2. The first kappa shape index (κ1) is 19.8. The quantitative estimate of drug-likeness (QED) is 0.578. The molecule has 0 unspecified atom stereocenters. The number of H-pyrrole nitrogens is 1. The number of β-amino-alcohol motifs (C(OH)–C–C–N with tert-alkyl or cyclic N) is 1. The lowest BCUT2D eigenvalue weighted by Crippen LogP contribution is -2.51. The minimum absolute atomic E-state index is 0.315. The molecule has 1 spiro atoms. The van der Waals surface area contributed by atoms with Crippen LogP contribution in [0.3, 0.4) is 0 Å². The van der Waals surface area contributed by atoms with Crippen LogP contribution in [0, 0.1) is 5.82 Å². The van der Waals surface area contributed by atoms with Crippen LogP contribution in [0.1, 0.15) is 42.6 Å². The fourth-order valence-electron chi connectivity index (χ4n) is 4.79. The summed E-state index contributed by atoms with van der Waals surface area (Å²) in [6.45, 7) is 1.97. The standard InChI is InChI=1S/C23H24ClFN2O3/c24-14-1-4-22-17(9-14)20(28)11-23(30-22)5-7-27(8-6-23)13-21(29)18-12-26-19-3-2-15(25)10-16(18)19/h1-4,9-10,12,20-21,26,28-29H,5-8,11,13H2/t20-,21+/m1/s1. The van der Waals surface area contributed by atoms with E-state index in [2.05, 4.69) is 9.88 Å². The van der Waals surface area contributed by atoms with Gasteiger partial charge in [0, 0.05) is 59.3 Å². The van der Waals surface area contributed by atoms with E-state index < -0.39 is 17.8 Å². The van der Waals surface area contributed by atoms with Crippen LogP contribution in [-0.2, 0) is 0 Å². The lowest BCUT2D eigenvalue weighted by molar-refractivity contribution is -0.0587. The van der Waals surface area contributed by atoms with Crippen LogP contribution >= 0.6 is 11.6 Å². The Balaban J connectivity index is 1.26. The zero-order valence-corrected chi connectivity index (χ0v) is 17.2. The van der Waals surface area contributed by atoms with E-state index in [-0.39, 0.29) is 5.82 Å². The Kier molecular flexibility index (Phi) is 4.98. The summed E-state index contributed by atoms with van der Waals surface area (Å²) in [6.07, 6.45) is 2.52. The molecule has 1 aromatic heterocycles. The van der Waals surface area contributed by atoms with Gasteiger partial charge in [-0.2, -0.15) is 0 Å². The summed E-state index contributed by atoms with van der Waals surface area (Å²) in [6, 6.07) is 9.92. The van der Waals surface area contributed by atoms with E-state index >= 15 is 0 Å². The van der Waals surface area contributed by atoms with Crippen LogP contribution in [-0.4, -0.2) is 45.3 Å². The summed E-state index contributed by atoms with van der Waals surface area (Å²) >= 11 is 6.05. The van der Waals surface area contributed by atoms with Gasteiger partial charge in [-0.3, -0.25) is 0 Å². The number of nitrogens with zero attached hydrogens (tertiary/aromatic N) is 1. The van der Waals surface area contributed by atoms with Gasteiger partial charge in [0.2, 0.25) is 0 Å². The molecule has 3 heterocycles. The van der Waals surface area contributed by atoms with E-state index in [9.17, 15) is 14.6 Å². The Morgan fingerprint density at radius 2 is 2.03 bits per heavy atom. The van der Waals surface area contributed by atoms with Gasteiger partial charge in [-0.1, -0.05) is 11.6 Å². The Bertz CT molecular complexity index is 1080.